The molecule has 1 N–H and O–H groups in total. The van der Waals surface area contributed by atoms with E-state index in [1.807, 2.05) is 59.6 Å². The van der Waals surface area contributed by atoms with E-state index in [9.17, 15) is 4.79 Å². The molecule has 0 saturated carbocycles. The molecule has 1 aromatic carbocycles. The Labute approximate surface area is 192 Å². The average Bonchev–Trinajstić information content (AvgIpc) is 3.09. The van der Waals surface area contributed by atoms with Crippen molar-refractivity contribution < 1.29 is 9.53 Å². The third kappa shape index (κ3) is 4.89. The molecule has 4 rings (SSSR count). The van der Waals surface area contributed by atoms with Crippen LogP contribution in [0.1, 0.15) is 18.4 Å². The number of rotatable bonds is 6. The molecule has 1 saturated heterocycles. The van der Waals surface area contributed by atoms with E-state index in [4.69, 9.17) is 22.1 Å². The van der Waals surface area contributed by atoms with Gasteiger partial charge in [0.05, 0.1) is 13.8 Å². The predicted octanol–water partition coefficient (Wildman–Crippen LogP) is 3.64. The fourth-order valence-corrected chi connectivity index (χ4v) is 4.05. The highest BCUT2D eigenvalue weighted by Gasteiger charge is 2.26. The lowest BCUT2D eigenvalue weighted by atomic mass is 9.96. The number of nitrogens with zero attached hydrogens (tertiary/aromatic N) is 5. The minimum Gasteiger partial charge on any atom is -0.497 e. The van der Waals surface area contributed by atoms with Gasteiger partial charge in [0, 0.05) is 37.8 Å². The van der Waals surface area contributed by atoms with Crippen molar-refractivity contribution in [1.29, 1.82) is 0 Å². The highest BCUT2D eigenvalue weighted by Crippen LogP contribution is 2.23. The molecule has 0 aliphatic carbocycles. The summed E-state index contributed by atoms with van der Waals surface area (Å²) in [6, 6.07) is 11.6. The number of aromatic nitrogens is 4. The summed E-state index contributed by atoms with van der Waals surface area (Å²) in [6.45, 7) is 4.21. The highest BCUT2D eigenvalue weighted by molar-refractivity contribution is 7.71. The Morgan fingerprint density at radius 1 is 1.19 bits per heavy atom. The number of piperidine rings is 1. The van der Waals surface area contributed by atoms with Gasteiger partial charge < -0.3 is 14.6 Å². The summed E-state index contributed by atoms with van der Waals surface area (Å²) >= 11 is 5.62. The summed E-state index contributed by atoms with van der Waals surface area (Å²) in [5.74, 6) is 2.25. The quantitative estimate of drug-likeness (QED) is 0.576. The fraction of sp³-hybridized carbons (Fsp3) is 0.391. The lowest BCUT2D eigenvalue weighted by Crippen LogP contribution is -2.39. The molecule has 1 fully saturated rings. The minimum absolute atomic E-state index is 0.0130. The smallest absolute Gasteiger partial charge is 0.228 e. The minimum atomic E-state index is -0.0130. The molecule has 0 bridgehead atoms. The number of amides is 1. The van der Waals surface area contributed by atoms with Gasteiger partial charge >= 0.3 is 0 Å². The first kappa shape index (κ1) is 22.2. The van der Waals surface area contributed by atoms with Crippen LogP contribution in [0.5, 0.6) is 5.75 Å². The van der Waals surface area contributed by atoms with E-state index in [1.54, 1.807) is 13.3 Å². The van der Waals surface area contributed by atoms with E-state index in [2.05, 4.69) is 15.2 Å². The Kier molecular flexibility index (Phi) is 6.66. The highest BCUT2D eigenvalue weighted by atomic mass is 32.1. The van der Waals surface area contributed by atoms with Crippen LogP contribution < -0.4 is 10.1 Å². The summed E-state index contributed by atoms with van der Waals surface area (Å²) in [6.07, 6.45) is 3.35. The molecule has 0 unspecified atom stereocenters. The zero-order valence-corrected chi connectivity index (χ0v) is 19.4. The van der Waals surface area contributed by atoms with E-state index in [1.165, 1.54) is 0 Å². The number of benzene rings is 1. The number of ether oxygens (including phenoxy) is 1. The van der Waals surface area contributed by atoms with Crippen molar-refractivity contribution in [1.82, 2.24) is 24.2 Å². The van der Waals surface area contributed by atoms with Gasteiger partial charge in [-0.2, -0.15) is 5.10 Å². The Hall–Kier alpha value is -3.04. The molecule has 9 heteroatoms. The van der Waals surface area contributed by atoms with Gasteiger partial charge in [-0.15, -0.1) is 0 Å². The molecule has 1 aliphatic rings. The zero-order valence-electron chi connectivity index (χ0n) is 18.6. The van der Waals surface area contributed by atoms with Crippen LogP contribution in [0.15, 0.2) is 42.6 Å². The summed E-state index contributed by atoms with van der Waals surface area (Å²) in [4.78, 5) is 19.2. The largest absolute Gasteiger partial charge is 0.497 e. The van der Waals surface area contributed by atoms with Crippen molar-refractivity contribution in [3.63, 3.8) is 0 Å². The molecular weight excluding hydrogens is 424 g/mol. The van der Waals surface area contributed by atoms with Gasteiger partial charge in [0.15, 0.2) is 10.6 Å². The summed E-state index contributed by atoms with van der Waals surface area (Å²) < 4.78 is 9.68. The van der Waals surface area contributed by atoms with Crippen LogP contribution in [-0.2, 0) is 18.5 Å². The van der Waals surface area contributed by atoms with Crippen LogP contribution in [0.4, 0.5) is 5.82 Å². The number of carbonyl (C=O) groups excluding carboxylic acids is 1. The second-order valence-electron chi connectivity index (χ2n) is 8.14. The SMILES string of the molecule is COc1ccc(-c2nn(CN3CCC(C(=O)Nc4ccc(C)cn4)CC3)c(=S)n2C)cc1. The number of nitrogens with one attached hydrogen (secondary N) is 1. The molecule has 1 amide bonds. The Morgan fingerprint density at radius 2 is 1.91 bits per heavy atom. The van der Waals surface area contributed by atoms with Gasteiger partial charge in [-0.1, -0.05) is 6.07 Å². The van der Waals surface area contributed by atoms with E-state index >= 15 is 0 Å². The van der Waals surface area contributed by atoms with Crippen molar-refractivity contribution in [3.8, 4) is 17.1 Å². The van der Waals surface area contributed by atoms with E-state index in [0.717, 1.165) is 48.6 Å². The van der Waals surface area contributed by atoms with Crippen LogP contribution in [0, 0.1) is 17.6 Å². The predicted molar refractivity (Wildman–Crippen MR) is 126 cm³/mol. The first-order chi connectivity index (χ1) is 15.4. The normalized spacial score (nSPS) is 15.0. The van der Waals surface area contributed by atoms with Crippen LogP contribution in [-0.4, -0.2) is 50.3 Å². The van der Waals surface area contributed by atoms with Crippen LogP contribution in [0.2, 0.25) is 0 Å². The van der Waals surface area contributed by atoms with Gasteiger partial charge in [-0.25, -0.2) is 9.67 Å². The molecule has 8 nitrogen and oxygen atoms in total. The van der Waals surface area contributed by atoms with Crippen molar-refractivity contribution in [2.45, 2.75) is 26.4 Å². The Morgan fingerprint density at radius 3 is 2.53 bits per heavy atom. The molecular formula is C23H28N6O2S. The van der Waals surface area contributed by atoms with Gasteiger partial charge in [-0.3, -0.25) is 9.69 Å². The second kappa shape index (κ2) is 9.62. The van der Waals surface area contributed by atoms with Gasteiger partial charge in [-0.05, 0) is 67.9 Å². The molecule has 168 valence electrons. The Bertz CT molecular complexity index is 1130. The molecule has 1 aliphatic heterocycles. The van der Waals surface area contributed by atoms with Crippen LogP contribution >= 0.6 is 12.2 Å². The lowest BCUT2D eigenvalue weighted by Gasteiger charge is -2.30. The molecule has 32 heavy (non-hydrogen) atoms. The number of pyridine rings is 1. The number of hydrogen-bond donors (Lipinski definition) is 1. The average molecular weight is 453 g/mol. The summed E-state index contributed by atoms with van der Waals surface area (Å²) in [5, 5.41) is 7.69. The van der Waals surface area contributed by atoms with E-state index in [-0.39, 0.29) is 11.8 Å². The third-order valence-electron chi connectivity index (χ3n) is 5.84. The topological polar surface area (TPSA) is 77.2 Å². The third-order valence-corrected chi connectivity index (χ3v) is 6.33. The van der Waals surface area contributed by atoms with Gasteiger partial charge in [0.1, 0.15) is 11.6 Å². The van der Waals surface area contributed by atoms with Crippen LogP contribution in [0.3, 0.4) is 0 Å². The first-order valence-electron chi connectivity index (χ1n) is 10.7. The fourth-order valence-electron chi connectivity index (χ4n) is 3.87. The molecule has 2 aromatic heterocycles. The van der Waals surface area contributed by atoms with Gasteiger partial charge in [0.2, 0.25) is 5.91 Å². The van der Waals surface area contributed by atoms with Gasteiger partial charge in [0.25, 0.3) is 0 Å². The van der Waals surface area contributed by atoms with Crippen molar-refractivity contribution in [3.05, 3.63) is 52.9 Å². The second-order valence-corrected chi connectivity index (χ2v) is 8.50. The number of likely N-dealkylation sites (tertiary alicyclic amines) is 1. The van der Waals surface area contributed by atoms with Crippen molar-refractivity contribution in [2.75, 3.05) is 25.5 Å². The van der Waals surface area contributed by atoms with Crippen LogP contribution in [0.25, 0.3) is 11.4 Å². The Balaban J connectivity index is 1.36. The van der Waals surface area contributed by atoms with Crippen molar-refractivity contribution in [2.24, 2.45) is 13.0 Å². The number of methoxy groups -OCH3 is 1. The molecule has 0 radical (unpaired) electrons. The number of hydrogen-bond acceptors (Lipinski definition) is 6. The molecule has 3 aromatic rings. The lowest BCUT2D eigenvalue weighted by molar-refractivity contribution is -0.121. The number of anilines is 1. The maximum Gasteiger partial charge on any atom is 0.228 e. The number of aryl methyl sites for hydroxylation is 1. The van der Waals surface area contributed by atoms with E-state index < -0.39 is 0 Å². The summed E-state index contributed by atoms with van der Waals surface area (Å²) in [5.41, 5.74) is 2.05. The summed E-state index contributed by atoms with van der Waals surface area (Å²) in [7, 11) is 3.58. The number of carbonyl (C=O) groups is 1. The molecule has 0 spiro atoms. The monoisotopic (exact) mass is 452 g/mol. The maximum atomic E-state index is 12.6. The first-order valence-corrected chi connectivity index (χ1v) is 11.1. The molecule has 3 heterocycles. The zero-order chi connectivity index (χ0) is 22.7. The van der Waals surface area contributed by atoms with E-state index in [0.29, 0.717) is 17.3 Å². The molecule has 0 atom stereocenters. The van der Waals surface area contributed by atoms with Crippen molar-refractivity contribution >= 4 is 23.9 Å². The standard InChI is InChI=1S/C23H28N6O2S/c1-16-4-9-20(24-14-16)25-22(30)18-10-12-28(13-11-18)15-29-23(32)27(2)21(26-29)17-5-7-19(31-3)8-6-17/h4-9,14,18H,10-13,15H2,1-3H3,(H,24,25,30). The maximum absolute atomic E-state index is 12.6.